The van der Waals surface area contributed by atoms with Crippen LogP contribution in [0.15, 0.2) is 24.3 Å². The molecule has 136 valence electrons. The molecular formula is C19H20N2O4S. The van der Waals surface area contributed by atoms with Crippen molar-refractivity contribution in [3.8, 4) is 0 Å². The maximum absolute atomic E-state index is 12.1. The molecule has 6 nitrogen and oxygen atoms in total. The summed E-state index contributed by atoms with van der Waals surface area (Å²) in [7, 11) is 0. The molecule has 0 unspecified atom stereocenters. The Hall–Kier alpha value is -2.67. The number of rotatable bonds is 6. The first-order valence-corrected chi connectivity index (χ1v) is 9.21. The largest absolute Gasteiger partial charge is 0.455 e. The van der Waals surface area contributed by atoms with Crippen molar-refractivity contribution in [2.24, 2.45) is 5.73 Å². The first kappa shape index (κ1) is 18.1. The number of ether oxygens (including phenoxy) is 1. The highest BCUT2D eigenvalue weighted by atomic mass is 32.1. The van der Waals surface area contributed by atoms with E-state index in [2.05, 4.69) is 5.32 Å². The molecule has 2 amide bonds. The van der Waals surface area contributed by atoms with E-state index in [1.54, 1.807) is 0 Å². The van der Waals surface area contributed by atoms with Crippen molar-refractivity contribution in [1.29, 1.82) is 0 Å². The predicted molar refractivity (Wildman–Crippen MR) is 99.3 cm³/mol. The lowest BCUT2D eigenvalue weighted by atomic mass is 10.1. The number of amides is 2. The van der Waals surface area contributed by atoms with Gasteiger partial charge in [-0.2, -0.15) is 0 Å². The minimum absolute atomic E-state index is 0.105. The summed E-state index contributed by atoms with van der Waals surface area (Å²) in [5, 5.41) is 3.10. The number of anilines is 1. The molecular weight excluding hydrogens is 352 g/mol. The molecule has 3 rings (SSSR count). The molecule has 0 atom stereocenters. The molecule has 3 N–H and O–H groups in total. The van der Waals surface area contributed by atoms with Crippen LogP contribution in [0.25, 0.3) is 0 Å². The third-order valence-electron chi connectivity index (χ3n) is 4.25. The Morgan fingerprint density at radius 3 is 2.62 bits per heavy atom. The Bertz CT molecular complexity index is 855. The lowest BCUT2D eigenvalue weighted by Gasteiger charge is -2.07. The maximum Gasteiger partial charge on any atom is 0.310 e. The van der Waals surface area contributed by atoms with Crippen LogP contribution in [-0.2, 0) is 33.6 Å². The number of carbonyl (C=O) groups excluding carboxylic acids is 3. The molecule has 0 fully saturated rings. The highest BCUT2D eigenvalue weighted by Crippen LogP contribution is 2.38. The molecule has 2 aromatic rings. The van der Waals surface area contributed by atoms with E-state index in [0.717, 1.165) is 40.8 Å². The molecule has 26 heavy (non-hydrogen) atoms. The lowest BCUT2D eigenvalue weighted by Crippen LogP contribution is -2.23. The molecule has 0 saturated carbocycles. The van der Waals surface area contributed by atoms with Crippen LogP contribution in [0.2, 0.25) is 0 Å². The van der Waals surface area contributed by atoms with E-state index in [4.69, 9.17) is 10.5 Å². The average molecular weight is 372 g/mol. The minimum atomic E-state index is -0.545. The molecule has 7 heteroatoms. The number of aryl methyl sites for hydroxylation is 2. The van der Waals surface area contributed by atoms with E-state index in [9.17, 15) is 14.4 Å². The Morgan fingerprint density at radius 2 is 1.92 bits per heavy atom. The monoisotopic (exact) mass is 372 g/mol. The van der Waals surface area contributed by atoms with Crippen molar-refractivity contribution in [2.45, 2.75) is 32.6 Å². The van der Waals surface area contributed by atoms with Crippen LogP contribution in [0.4, 0.5) is 5.00 Å². The standard InChI is InChI=1S/C19H20N2O4S/c1-11-5-7-12(8-6-11)9-16(23)25-10-15(22)21-19-17(18(20)24)13-3-2-4-14(13)26-19/h5-8H,2-4,9-10H2,1H3,(H2,20,24)(H,21,22). The molecule has 0 radical (unpaired) electrons. The zero-order valence-electron chi connectivity index (χ0n) is 14.5. The van der Waals surface area contributed by atoms with Gasteiger partial charge in [0.05, 0.1) is 12.0 Å². The second-order valence-corrected chi connectivity index (χ2v) is 7.40. The second kappa shape index (κ2) is 7.70. The van der Waals surface area contributed by atoms with Gasteiger partial charge in [-0.15, -0.1) is 11.3 Å². The fraction of sp³-hybridized carbons (Fsp3) is 0.316. The average Bonchev–Trinajstić information content (AvgIpc) is 3.15. The summed E-state index contributed by atoms with van der Waals surface area (Å²) in [4.78, 5) is 36.7. The van der Waals surface area contributed by atoms with Crippen molar-refractivity contribution in [1.82, 2.24) is 0 Å². The molecule has 0 saturated heterocycles. The third kappa shape index (κ3) is 4.11. The second-order valence-electron chi connectivity index (χ2n) is 6.30. The van der Waals surface area contributed by atoms with Gasteiger partial charge in [0.25, 0.3) is 11.8 Å². The van der Waals surface area contributed by atoms with E-state index < -0.39 is 24.4 Å². The topological polar surface area (TPSA) is 98.5 Å². The maximum atomic E-state index is 12.1. The number of nitrogens with one attached hydrogen (secondary N) is 1. The van der Waals surface area contributed by atoms with Crippen molar-refractivity contribution < 1.29 is 19.1 Å². The quantitative estimate of drug-likeness (QED) is 0.761. The molecule has 0 bridgehead atoms. The number of fused-ring (bicyclic) bond motifs is 1. The van der Waals surface area contributed by atoms with Gasteiger partial charge in [-0.05, 0) is 37.3 Å². The Morgan fingerprint density at radius 1 is 1.19 bits per heavy atom. The van der Waals surface area contributed by atoms with Crippen LogP contribution in [-0.4, -0.2) is 24.4 Å². The van der Waals surface area contributed by atoms with Gasteiger partial charge in [0, 0.05) is 4.88 Å². The first-order chi connectivity index (χ1) is 12.4. The number of esters is 1. The fourth-order valence-electron chi connectivity index (χ4n) is 2.99. The van der Waals surface area contributed by atoms with Gasteiger partial charge >= 0.3 is 5.97 Å². The smallest absolute Gasteiger partial charge is 0.310 e. The van der Waals surface area contributed by atoms with Crippen LogP contribution >= 0.6 is 11.3 Å². The normalized spacial score (nSPS) is 12.5. The minimum Gasteiger partial charge on any atom is -0.455 e. The summed E-state index contributed by atoms with van der Waals surface area (Å²) in [6.07, 6.45) is 2.78. The van der Waals surface area contributed by atoms with Crippen LogP contribution in [0.1, 0.15) is 38.3 Å². The summed E-state index contributed by atoms with van der Waals surface area (Å²) in [6, 6.07) is 7.53. The van der Waals surface area contributed by atoms with E-state index in [1.165, 1.54) is 11.3 Å². The highest BCUT2D eigenvalue weighted by molar-refractivity contribution is 7.17. The number of thiophene rings is 1. The molecule has 1 heterocycles. The summed E-state index contributed by atoms with van der Waals surface area (Å²) in [6.45, 7) is 1.57. The van der Waals surface area contributed by atoms with Gasteiger partial charge in [0.1, 0.15) is 5.00 Å². The van der Waals surface area contributed by atoms with Gasteiger partial charge < -0.3 is 15.8 Å². The highest BCUT2D eigenvalue weighted by Gasteiger charge is 2.26. The van der Waals surface area contributed by atoms with Crippen molar-refractivity contribution >= 4 is 34.1 Å². The van der Waals surface area contributed by atoms with Gasteiger partial charge in [0.2, 0.25) is 0 Å². The molecule has 0 aliphatic heterocycles. The van der Waals surface area contributed by atoms with Gasteiger partial charge in [0.15, 0.2) is 6.61 Å². The number of hydrogen-bond donors (Lipinski definition) is 2. The van der Waals surface area contributed by atoms with E-state index >= 15 is 0 Å². The van der Waals surface area contributed by atoms with Crippen molar-refractivity contribution in [3.63, 3.8) is 0 Å². The van der Waals surface area contributed by atoms with Crippen LogP contribution in [0.3, 0.4) is 0 Å². The zero-order valence-corrected chi connectivity index (χ0v) is 15.3. The summed E-state index contributed by atoms with van der Waals surface area (Å²) in [5.74, 6) is -1.51. The fourth-order valence-corrected chi connectivity index (χ4v) is 4.30. The number of nitrogens with two attached hydrogens (primary N) is 1. The Kier molecular flexibility index (Phi) is 5.37. The van der Waals surface area contributed by atoms with Gasteiger partial charge in [-0.3, -0.25) is 14.4 Å². The summed E-state index contributed by atoms with van der Waals surface area (Å²) >= 11 is 1.37. The van der Waals surface area contributed by atoms with E-state index in [1.807, 2.05) is 31.2 Å². The summed E-state index contributed by atoms with van der Waals surface area (Å²) < 4.78 is 5.03. The third-order valence-corrected chi connectivity index (χ3v) is 5.46. The number of primary amides is 1. The molecule has 1 aromatic carbocycles. The Balaban J connectivity index is 1.55. The SMILES string of the molecule is Cc1ccc(CC(=O)OCC(=O)Nc2sc3c(c2C(N)=O)CCC3)cc1. The van der Waals surface area contributed by atoms with Crippen LogP contribution in [0.5, 0.6) is 0 Å². The van der Waals surface area contributed by atoms with E-state index in [-0.39, 0.29) is 6.42 Å². The molecule has 1 aliphatic carbocycles. The van der Waals surface area contributed by atoms with Crippen molar-refractivity contribution in [3.05, 3.63) is 51.4 Å². The van der Waals surface area contributed by atoms with E-state index in [0.29, 0.717) is 10.6 Å². The van der Waals surface area contributed by atoms with Crippen LogP contribution < -0.4 is 11.1 Å². The van der Waals surface area contributed by atoms with Crippen LogP contribution in [0, 0.1) is 6.92 Å². The lowest BCUT2D eigenvalue weighted by molar-refractivity contribution is -0.146. The number of benzene rings is 1. The molecule has 0 spiro atoms. The predicted octanol–water partition coefficient (Wildman–Crippen LogP) is 2.37. The Labute approximate surface area is 155 Å². The molecule has 1 aliphatic rings. The number of carbonyl (C=O) groups is 3. The molecule has 1 aromatic heterocycles. The number of hydrogen-bond acceptors (Lipinski definition) is 5. The zero-order chi connectivity index (χ0) is 18.7. The summed E-state index contributed by atoms with van der Waals surface area (Å²) in [5.41, 5.74) is 8.72. The first-order valence-electron chi connectivity index (χ1n) is 8.39. The van der Waals surface area contributed by atoms with Gasteiger partial charge in [-0.25, -0.2) is 0 Å². The van der Waals surface area contributed by atoms with Crippen molar-refractivity contribution in [2.75, 3.05) is 11.9 Å². The van der Waals surface area contributed by atoms with Gasteiger partial charge in [-0.1, -0.05) is 29.8 Å².